The van der Waals surface area contributed by atoms with E-state index in [1.807, 2.05) is 12.1 Å². The predicted octanol–water partition coefficient (Wildman–Crippen LogP) is 6.01. The van der Waals surface area contributed by atoms with Crippen LogP contribution in [0.2, 0.25) is 0 Å². The van der Waals surface area contributed by atoms with Gasteiger partial charge in [0.15, 0.2) is 0 Å². The molecule has 150 valence electrons. The minimum atomic E-state index is -4.67. The van der Waals surface area contributed by atoms with Gasteiger partial charge in [0, 0.05) is 12.5 Å². The number of esters is 1. The molecule has 0 N–H and O–H groups in total. The van der Waals surface area contributed by atoms with Gasteiger partial charge in [-0.2, -0.15) is 13.2 Å². The van der Waals surface area contributed by atoms with Crippen molar-refractivity contribution < 1.29 is 27.4 Å². The van der Waals surface area contributed by atoms with Crippen molar-refractivity contribution in [3.05, 3.63) is 89.5 Å². The van der Waals surface area contributed by atoms with Crippen LogP contribution in [0.5, 0.6) is 5.75 Å². The van der Waals surface area contributed by atoms with Crippen molar-refractivity contribution in [2.45, 2.75) is 26.3 Å². The van der Waals surface area contributed by atoms with E-state index in [0.29, 0.717) is 5.56 Å². The van der Waals surface area contributed by atoms with Crippen LogP contribution in [-0.2, 0) is 28.9 Å². The van der Waals surface area contributed by atoms with Crippen LogP contribution in [0, 0.1) is 0 Å². The number of hydrogen-bond acceptors (Lipinski definition) is 3. The Morgan fingerprint density at radius 1 is 0.862 bits per heavy atom. The molecule has 0 unspecified atom stereocenters. The van der Waals surface area contributed by atoms with Crippen molar-refractivity contribution in [3.8, 4) is 16.9 Å². The zero-order chi connectivity index (χ0) is 20.9. The number of halogens is 3. The maximum absolute atomic E-state index is 13.9. The lowest BCUT2D eigenvalue weighted by Gasteiger charge is -2.20. The standard InChI is InChI=1S/C23H19F3O3/c1-16(27)28-15-20-12-19(18-10-6-3-7-11-18)13-21(22(20)23(24,25)26)29-14-17-8-4-2-5-9-17/h2-13H,14-15H2,1H3. The van der Waals surface area contributed by atoms with Gasteiger partial charge in [0.2, 0.25) is 0 Å². The van der Waals surface area contributed by atoms with Crippen LogP contribution in [0.3, 0.4) is 0 Å². The second-order valence-corrected chi connectivity index (χ2v) is 6.43. The second-order valence-electron chi connectivity index (χ2n) is 6.43. The third-order valence-electron chi connectivity index (χ3n) is 4.24. The van der Waals surface area contributed by atoms with Gasteiger partial charge in [-0.15, -0.1) is 0 Å². The van der Waals surface area contributed by atoms with Crippen LogP contribution in [0.4, 0.5) is 13.2 Å². The monoisotopic (exact) mass is 400 g/mol. The molecular formula is C23H19F3O3. The Hall–Kier alpha value is -3.28. The minimum Gasteiger partial charge on any atom is -0.488 e. The molecule has 0 fully saturated rings. The second kappa shape index (κ2) is 8.82. The van der Waals surface area contributed by atoms with Crippen molar-refractivity contribution in [3.63, 3.8) is 0 Å². The van der Waals surface area contributed by atoms with E-state index in [2.05, 4.69) is 0 Å². The molecule has 6 heteroatoms. The van der Waals surface area contributed by atoms with Crippen molar-refractivity contribution in [2.24, 2.45) is 0 Å². The van der Waals surface area contributed by atoms with Crippen LogP contribution in [0.25, 0.3) is 11.1 Å². The first-order valence-corrected chi connectivity index (χ1v) is 8.94. The lowest BCUT2D eigenvalue weighted by Crippen LogP contribution is -2.14. The molecular weight excluding hydrogens is 381 g/mol. The van der Waals surface area contributed by atoms with Crippen molar-refractivity contribution in [1.29, 1.82) is 0 Å². The number of hydrogen-bond donors (Lipinski definition) is 0. The molecule has 0 aliphatic heterocycles. The SMILES string of the molecule is CC(=O)OCc1cc(-c2ccccc2)cc(OCc2ccccc2)c1C(F)(F)F. The van der Waals surface area contributed by atoms with Gasteiger partial charge in [0.05, 0.1) is 0 Å². The van der Waals surface area contributed by atoms with E-state index < -0.39 is 24.3 Å². The number of rotatable bonds is 6. The smallest absolute Gasteiger partial charge is 0.420 e. The Kier molecular flexibility index (Phi) is 6.22. The molecule has 0 aliphatic carbocycles. The molecule has 3 nitrogen and oxygen atoms in total. The van der Waals surface area contributed by atoms with E-state index >= 15 is 0 Å². The third kappa shape index (κ3) is 5.38. The van der Waals surface area contributed by atoms with Crippen molar-refractivity contribution in [1.82, 2.24) is 0 Å². The molecule has 0 amide bonds. The van der Waals surface area contributed by atoms with Gasteiger partial charge >= 0.3 is 12.1 Å². The average Bonchev–Trinajstić information content (AvgIpc) is 2.71. The fourth-order valence-electron chi connectivity index (χ4n) is 2.93. The molecule has 0 bridgehead atoms. The van der Waals surface area contributed by atoms with Gasteiger partial charge in [0.25, 0.3) is 0 Å². The molecule has 0 saturated carbocycles. The Morgan fingerprint density at radius 2 is 1.48 bits per heavy atom. The molecule has 0 saturated heterocycles. The quantitative estimate of drug-likeness (QED) is 0.475. The first-order valence-electron chi connectivity index (χ1n) is 8.94. The first-order chi connectivity index (χ1) is 13.8. The summed E-state index contributed by atoms with van der Waals surface area (Å²) in [5.74, 6) is -0.958. The molecule has 0 aliphatic rings. The largest absolute Gasteiger partial charge is 0.488 e. The van der Waals surface area contributed by atoms with Gasteiger partial charge in [-0.25, -0.2) is 0 Å². The lowest BCUT2D eigenvalue weighted by molar-refractivity contribution is -0.146. The molecule has 29 heavy (non-hydrogen) atoms. The Bertz CT molecular complexity index is 968. The maximum atomic E-state index is 13.9. The first kappa shape index (κ1) is 20.5. The number of carbonyl (C=O) groups is 1. The molecule has 0 spiro atoms. The van der Waals surface area contributed by atoms with Gasteiger partial charge in [0.1, 0.15) is 24.5 Å². The summed E-state index contributed by atoms with van der Waals surface area (Å²) in [7, 11) is 0. The molecule has 0 aromatic heterocycles. The highest BCUT2D eigenvalue weighted by Crippen LogP contribution is 2.42. The summed E-state index contributed by atoms with van der Waals surface area (Å²) in [6.45, 7) is 0.642. The van der Waals surface area contributed by atoms with E-state index in [-0.39, 0.29) is 17.9 Å². The Balaban J connectivity index is 2.08. The Labute approximate surface area is 166 Å². The van der Waals surface area contributed by atoms with Crippen molar-refractivity contribution in [2.75, 3.05) is 0 Å². The molecule has 0 heterocycles. The Morgan fingerprint density at radius 3 is 2.07 bits per heavy atom. The number of benzene rings is 3. The predicted molar refractivity (Wildman–Crippen MR) is 103 cm³/mol. The summed E-state index contributed by atoms with van der Waals surface area (Å²) < 4.78 is 52.1. The highest BCUT2D eigenvalue weighted by atomic mass is 19.4. The van der Waals surface area contributed by atoms with Gasteiger partial charge in [-0.1, -0.05) is 60.7 Å². The zero-order valence-corrected chi connectivity index (χ0v) is 15.7. The summed E-state index contributed by atoms with van der Waals surface area (Å²) >= 11 is 0. The number of carbonyl (C=O) groups excluding carboxylic acids is 1. The summed E-state index contributed by atoms with van der Waals surface area (Å²) in [5.41, 5.74) is 0.928. The summed E-state index contributed by atoms with van der Waals surface area (Å²) in [6.07, 6.45) is -4.67. The van der Waals surface area contributed by atoms with E-state index in [1.54, 1.807) is 48.5 Å². The van der Waals surface area contributed by atoms with Crippen LogP contribution >= 0.6 is 0 Å². The average molecular weight is 400 g/mol. The van der Waals surface area contributed by atoms with Crippen LogP contribution < -0.4 is 4.74 Å². The van der Waals surface area contributed by atoms with E-state index in [4.69, 9.17) is 9.47 Å². The topological polar surface area (TPSA) is 35.5 Å². The third-order valence-corrected chi connectivity index (χ3v) is 4.24. The normalized spacial score (nSPS) is 11.2. The summed E-state index contributed by atoms with van der Waals surface area (Å²) in [6, 6.07) is 20.7. The van der Waals surface area contributed by atoms with E-state index in [9.17, 15) is 18.0 Å². The molecule has 3 aromatic rings. The van der Waals surface area contributed by atoms with Crippen LogP contribution in [0.1, 0.15) is 23.6 Å². The molecule has 0 radical (unpaired) electrons. The lowest BCUT2D eigenvalue weighted by atomic mass is 9.98. The number of ether oxygens (including phenoxy) is 2. The number of alkyl halides is 3. The summed E-state index contributed by atoms with van der Waals surface area (Å²) in [4.78, 5) is 11.2. The highest BCUT2D eigenvalue weighted by molar-refractivity contribution is 5.69. The van der Waals surface area contributed by atoms with E-state index in [0.717, 1.165) is 18.1 Å². The fraction of sp³-hybridized carbons (Fsp3) is 0.174. The minimum absolute atomic E-state index is 0.0187. The molecule has 0 atom stereocenters. The molecule has 3 aromatic carbocycles. The fourth-order valence-corrected chi connectivity index (χ4v) is 2.93. The maximum Gasteiger partial charge on any atom is 0.420 e. The van der Waals surface area contributed by atoms with Gasteiger partial charge in [-0.3, -0.25) is 4.79 Å². The van der Waals surface area contributed by atoms with E-state index in [1.165, 1.54) is 12.1 Å². The highest BCUT2D eigenvalue weighted by Gasteiger charge is 2.38. The van der Waals surface area contributed by atoms with Gasteiger partial charge < -0.3 is 9.47 Å². The van der Waals surface area contributed by atoms with Crippen LogP contribution in [0.15, 0.2) is 72.8 Å². The van der Waals surface area contributed by atoms with Crippen molar-refractivity contribution >= 4 is 5.97 Å². The molecule has 3 rings (SSSR count). The van der Waals surface area contributed by atoms with Gasteiger partial charge in [-0.05, 0) is 28.8 Å². The van der Waals surface area contributed by atoms with Crippen LogP contribution in [-0.4, -0.2) is 5.97 Å². The zero-order valence-electron chi connectivity index (χ0n) is 15.7. The summed E-state index contributed by atoms with van der Waals surface area (Å²) in [5, 5.41) is 0.